The lowest BCUT2D eigenvalue weighted by Crippen LogP contribution is -2.57. The number of nitrogens with zero attached hydrogens (tertiary/aromatic N) is 4. The van der Waals surface area contributed by atoms with Crippen molar-refractivity contribution in [2.45, 2.75) is 6.18 Å². The lowest BCUT2D eigenvalue weighted by atomic mass is 10.1. The Morgan fingerprint density at radius 3 is 2.00 bits per heavy atom. The number of carbonyl (C=O) groups excluding carboxylic acids is 1. The van der Waals surface area contributed by atoms with Crippen LogP contribution in [0.3, 0.4) is 0 Å². The number of carbonyl (C=O) groups is 1. The molecule has 0 N–H and O–H groups in total. The number of hydrogen-bond donors (Lipinski definition) is 0. The molecule has 1 aromatic rings. The van der Waals surface area contributed by atoms with Gasteiger partial charge >= 0.3 is 6.18 Å². The number of halogens is 3. The second kappa shape index (κ2) is 7.97. The van der Waals surface area contributed by atoms with Crippen LogP contribution < -0.4 is 0 Å². The van der Waals surface area contributed by atoms with E-state index in [1.807, 2.05) is 7.05 Å². The molecule has 0 unspecified atom stereocenters. The van der Waals surface area contributed by atoms with Crippen LogP contribution in [0.5, 0.6) is 0 Å². The lowest BCUT2D eigenvalue weighted by Gasteiger charge is -2.39. The molecular weight excluding hydrogens is 397 g/mol. The number of alkyl halides is 3. The van der Waals surface area contributed by atoms with Crippen molar-refractivity contribution in [3.8, 4) is 0 Å². The van der Waals surface area contributed by atoms with E-state index in [0.717, 1.165) is 12.1 Å². The van der Waals surface area contributed by atoms with E-state index in [0.29, 0.717) is 26.2 Å². The third-order valence-corrected chi connectivity index (χ3v) is 7.11. The highest BCUT2D eigenvalue weighted by molar-refractivity contribution is 7.86. The first-order chi connectivity index (χ1) is 13.1. The Morgan fingerprint density at radius 1 is 0.929 bits per heavy atom. The summed E-state index contributed by atoms with van der Waals surface area (Å²) in [6, 6.07) is 4.28. The van der Waals surface area contributed by atoms with Gasteiger partial charge in [0.1, 0.15) is 0 Å². The summed E-state index contributed by atoms with van der Waals surface area (Å²) < 4.78 is 66.8. The molecule has 0 aliphatic carbocycles. The van der Waals surface area contributed by atoms with Crippen LogP contribution in [0.4, 0.5) is 13.2 Å². The fourth-order valence-corrected chi connectivity index (χ4v) is 4.89. The maximum Gasteiger partial charge on any atom is 0.416 e. The van der Waals surface area contributed by atoms with E-state index in [4.69, 9.17) is 0 Å². The van der Waals surface area contributed by atoms with E-state index < -0.39 is 27.9 Å². The van der Waals surface area contributed by atoms with E-state index in [2.05, 4.69) is 4.90 Å². The Hall–Kier alpha value is -1.69. The molecule has 0 saturated carbocycles. The van der Waals surface area contributed by atoms with Crippen LogP contribution >= 0.6 is 0 Å². The zero-order valence-corrected chi connectivity index (χ0v) is 16.3. The van der Waals surface area contributed by atoms with Gasteiger partial charge in [-0.1, -0.05) is 6.07 Å². The topological polar surface area (TPSA) is 64.2 Å². The van der Waals surface area contributed by atoms with Crippen molar-refractivity contribution >= 4 is 16.1 Å². The van der Waals surface area contributed by atoms with Gasteiger partial charge in [0.15, 0.2) is 0 Å². The molecule has 0 radical (unpaired) electrons. The number of likely N-dealkylation sites (N-methyl/N-ethyl adjacent to an activating group) is 1. The summed E-state index contributed by atoms with van der Waals surface area (Å²) in [5.74, 6) is -0.525. The highest BCUT2D eigenvalue weighted by Gasteiger charge is 2.35. The minimum absolute atomic E-state index is 0.0507. The number of hydrogen-bond acceptors (Lipinski definition) is 4. The Bertz CT molecular complexity index is 815. The van der Waals surface area contributed by atoms with Crippen LogP contribution in [0.25, 0.3) is 0 Å². The molecule has 1 amide bonds. The fourth-order valence-electron chi connectivity index (χ4n) is 3.32. The fraction of sp³-hybridized carbons (Fsp3) is 0.588. The highest BCUT2D eigenvalue weighted by atomic mass is 32.2. The van der Waals surface area contributed by atoms with Gasteiger partial charge in [-0.2, -0.15) is 30.2 Å². The molecule has 2 saturated heterocycles. The summed E-state index contributed by atoms with van der Waals surface area (Å²) in [5, 5.41) is 0. The van der Waals surface area contributed by atoms with Crippen molar-refractivity contribution < 1.29 is 26.4 Å². The quantitative estimate of drug-likeness (QED) is 0.731. The maximum absolute atomic E-state index is 12.9. The Morgan fingerprint density at radius 2 is 1.46 bits per heavy atom. The first-order valence-corrected chi connectivity index (χ1v) is 10.4. The molecule has 156 valence electrons. The minimum Gasteiger partial charge on any atom is -0.336 e. The molecule has 2 aliphatic heterocycles. The third-order valence-electron chi connectivity index (χ3n) is 5.08. The van der Waals surface area contributed by atoms with Crippen LogP contribution in [-0.2, 0) is 16.4 Å². The van der Waals surface area contributed by atoms with Crippen molar-refractivity contribution in [1.82, 2.24) is 18.4 Å². The van der Waals surface area contributed by atoms with Crippen molar-refractivity contribution in [2.24, 2.45) is 0 Å². The maximum atomic E-state index is 12.9. The first kappa shape index (κ1) is 21.0. The molecule has 0 bridgehead atoms. The number of rotatable bonds is 3. The number of piperazine rings is 2. The predicted octanol–water partition coefficient (Wildman–Crippen LogP) is 0.955. The van der Waals surface area contributed by atoms with Crippen LogP contribution in [-0.4, -0.2) is 92.1 Å². The minimum atomic E-state index is -4.52. The predicted molar refractivity (Wildman–Crippen MR) is 96.9 cm³/mol. The van der Waals surface area contributed by atoms with Crippen molar-refractivity contribution in [3.63, 3.8) is 0 Å². The normalized spacial score (nSPS) is 21.1. The van der Waals surface area contributed by atoms with Gasteiger partial charge < -0.3 is 9.80 Å². The summed E-state index contributed by atoms with van der Waals surface area (Å²) in [6.07, 6.45) is -4.52. The van der Waals surface area contributed by atoms with Gasteiger partial charge in [0.25, 0.3) is 16.1 Å². The van der Waals surface area contributed by atoms with Gasteiger partial charge in [0.05, 0.1) is 5.56 Å². The zero-order valence-electron chi connectivity index (χ0n) is 15.5. The molecule has 0 aromatic heterocycles. The molecule has 11 heteroatoms. The molecule has 28 heavy (non-hydrogen) atoms. The highest BCUT2D eigenvalue weighted by Crippen LogP contribution is 2.30. The molecule has 2 aliphatic rings. The molecular formula is C17H23F3N4O3S. The van der Waals surface area contributed by atoms with E-state index in [-0.39, 0.29) is 31.7 Å². The van der Waals surface area contributed by atoms with Crippen LogP contribution in [0.15, 0.2) is 24.3 Å². The summed E-state index contributed by atoms with van der Waals surface area (Å²) >= 11 is 0. The smallest absolute Gasteiger partial charge is 0.336 e. The van der Waals surface area contributed by atoms with Gasteiger partial charge in [-0.25, -0.2) is 0 Å². The monoisotopic (exact) mass is 420 g/mol. The lowest BCUT2D eigenvalue weighted by molar-refractivity contribution is -0.137. The SMILES string of the molecule is CN1CCN(S(=O)(=O)N2CCN(C(=O)c3cccc(C(F)(F)F)c3)CC2)CC1. The average molecular weight is 420 g/mol. The van der Waals surface area contributed by atoms with Gasteiger partial charge in [0, 0.05) is 57.9 Å². The Labute approximate surface area is 162 Å². The second-order valence-electron chi connectivity index (χ2n) is 6.98. The molecule has 0 spiro atoms. The largest absolute Gasteiger partial charge is 0.416 e. The standard InChI is InChI=1S/C17H23F3N4O3S/c1-21-5-9-23(10-6-21)28(26,27)24-11-7-22(8-12-24)16(25)14-3-2-4-15(13-14)17(18,19)20/h2-4,13H,5-12H2,1H3. The molecule has 7 nitrogen and oxygen atoms in total. The average Bonchev–Trinajstić information content (AvgIpc) is 2.67. The first-order valence-electron chi connectivity index (χ1n) is 8.99. The van der Waals surface area contributed by atoms with E-state index >= 15 is 0 Å². The van der Waals surface area contributed by atoms with Gasteiger partial charge in [-0.3, -0.25) is 4.79 Å². The zero-order chi connectivity index (χ0) is 20.5. The van der Waals surface area contributed by atoms with E-state index in [9.17, 15) is 26.4 Å². The molecule has 2 heterocycles. The summed E-state index contributed by atoms with van der Waals surface area (Å²) in [4.78, 5) is 16.0. The Balaban J connectivity index is 1.63. The van der Waals surface area contributed by atoms with Crippen LogP contribution in [0.1, 0.15) is 15.9 Å². The van der Waals surface area contributed by atoms with Crippen LogP contribution in [0, 0.1) is 0 Å². The molecule has 3 rings (SSSR count). The van der Waals surface area contributed by atoms with Crippen molar-refractivity contribution in [2.75, 3.05) is 59.4 Å². The third kappa shape index (κ3) is 4.48. The van der Waals surface area contributed by atoms with Crippen molar-refractivity contribution in [1.29, 1.82) is 0 Å². The van der Waals surface area contributed by atoms with Gasteiger partial charge in [-0.05, 0) is 25.2 Å². The van der Waals surface area contributed by atoms with E-state index in [1.165, 1.54) is 25.6 Å². The van der Waals surface area contributed by atoms with Crippen molar-refractivity contribution in [3.05, 3.63) is 35.4 Å². The summed E-state index contributed by atoms with van der Waals surface area (Å²) in [7, 11) is -1.66. The van der Waals surface area contributed by atoms with Gasteiger partial charge in [0.2, 0.25) is 0 Å². The molecule has 1 aromatic carbocycles. The second-order valence-corrected chi connectivity index (χ2v) is 8.91. The summed E-state index contributed by atoms with van der Waals surface area (Å²) in [6.45, 7) is 2.69. The van der Waals surface area contributed by atoms with Crippen LogP contribution in [0.2, 0.25) is 0 Å². The molecule has 2 fully saturated rings. The summed E-state index contributed by atoms with van der Waals surface area (Å²) in [5.41, 5.74) is -0.931. The number of amides is 1. The van der Waals surface area contributed by atoms with E-state index in [1.54, 1.807) is 0 Å². The molecule has 0 atom stereocenters. The van der Waals surface area contributed by atoms with Gasteiger partial charge in [-0.15, -0.1) is 0 Å². The Kier molecular flexibility index (Phi) is 5.99. The number of benzene rings is 1.